The van der Waals surface area contributed by atoms with Crippen LogP contribution in [0.1, 0.15) is 0 Å². The number of halogens is 1. The van der Waals surface area contributed by atoms with Crippen molar-refractivity contribution in [3.8, 4) is 5.88 Å². The molecule has 0 atom stereocenters. The van der Waals surface area contributed by atoms with E-state index in [2.05, 4.69) is 9.97 Å². The first-order valence-electron chi connectivity index (χ1n) is 3.76. The van der Waals surface area contributed by atoms with Crippen molar-refractivity contribution in [2.45, 2.75) is 0 Å². The molecule has 0 unspecified atom stereocenters. The summed E-state index contributed by atoms with van der Waals surface area (Å²) < 4.78 is 5.05. The average molecular weight is 195 g/mol. The largest absolute Gasteiger partial charge is 0.479 e. The van der Waals surface area contributed by atoms with Crippen LogP contribution in [0.2, 0.25) is 5.15 Å². The number of fused-ring (bicyclic) bond motifs is 1. The van der Waals surface area contributed by atoms with Gasteiger partial charge in [0, 0.05) is 11.6 Å². The Labute approximate surface area is 80.3 Å². The summed E-state index contributed by atoms with van der Waals surface area (Å²) in [6.45, 7) is 0. The highest BCUT2D eigenvalue weighted by Gasteiger charge is 2.03. The van der Waals surface area contributed by atoms with Crippen molar-refractivity contribution in [3.63, 3.8) is 0 Å². The average Bonchev–Trinajstić information content (AvgIpc) is 2.17. The van der Waals surface area contributed by atoms with Crippen LogP contribution >= 0.6 is 11.6 Å². The third-order valence-electron chi connectivity index (χ3n) is 1.73. The predicted molar refractivity (Wildman–Crippen MR) is 51.1 cm³/mol. The molecule has 0 spiro atoms. The van der Waals surface area contributed by atoms with Gasteiger partial charge in [0.1, 0.15) is 10.7 Å². The number of pyridine rings is 2. The van der Waals surface area contributed by atoms with Gasteiger partial charge in [-0.2, -0.15) is 0 Å². The maximum absolute atomic E-state index is 5.75. The number of rotatable bonds is 1. The fourth-order valence-corrected chi connectivity index (χ4v) is 1.30. The van der Waals surface area contributed by atoms with Crippen LogP contribution in [0.15, 0.2) is 24.4 Å². The molecule has 13 heavy (non-hydrogen) atoms. The topological polar surface area (TPSA) is 35.0 Å². The molecule has 0 saturated carbocycles. The fraction of sp³-hybridized carbons (Fsp3) is 0.111. The van der Waals surface area contributed by atoms with Gasteiger partial charge in [-0.15, -0.1) is 0 Å². The zero-order valence-corrected chi connectivity index (χ0v) is 7.75. The van der Waals surface area contributed by atoms with E-state index in [9.17, 15) is 0 Å². The zero-order chi connectivity index (χ0) is 9.26. The van der Waals surface area contributed by atoms with E-state index in [1.807, 2.05) is 12.1 Å². The first-order valence-corrected chi connectivity index (χ1v) is 4.14. The number of hydrogen-bond acceptors (Lipinski definition) is 3. The SMILES string of the molecule is COc1nccc2ccc(Cl)nc12. The third-order valence-corrected chi connectivity index (χ3v) is 1.94. The highest BCUT2D eigenvalue weighted by molar-refractivity contribution is 6.29. The molecule has 0 bridgehead atoms. The van der Waals surface area contributed by atoms with Crippen molar-refractivity contribution in [1.82, 2.24) is 9.97 Å². The smallest absolute Gasteiger partial charge is 0.240 e. The summed E-state index contributed by atoms with van der Waals surface area (Å²) in [6.07, 6.45) is 1.68. The van der Waals surface area contributed by atoms with Gasteiger partial charge in [-0.3, -0.25) is 0 Å². The van der Waals surface area contributed by atoms with E-state index in [0.717, 1.165) is 5.39 Å². The standard InChI is InChI=1S/C9H7ClN2O/c1-13-9-8-6(4-5-11-9)2-3-7(10)12-8/h2-5H,1H3. The molecule has 2 aromatic heterocycles. The molecular formula is C9H7ClN2O. The molecule has 2 rings (SSSR count). The number of hydrogen-bond donors (Lipinski definition) is 0. The Bertz CT molecular complexity index is 445. The molecule has 0 amide bonds. The molecule has 0 aliphatic heterocycles. The Balaban J connectivity index is 2.79. The lowest BCUT2D eigenvalue weighted by Gasteiger charge is -2.02. The molecule has 3 nitrogen and oxygen atoms in total. The van der Waals surface area contributed by atoms with Crippen molar-refractivity contribution in [2.75, 3.05) is 7.11 Å². The molecule has 0 fully saturated rings. The van der Waals surface area contributed by atoms with Gasteiger partial charge >= 0.3 is 0 Å². The fourth-order valence-electron chi connectivity index (χ4n) is 1.15. The van der Waals surface area contributed by atoms with Crippen molar-refractivity contribution in [3.05, 3.63) is 29.5 Å². The summed E-state index contributed by atoms with van der Waals surface area (Å²) >= 11 is 5.75. The van der Waals surface area contributed by atoms with E-state index >= 15 is 0 Å². The normalized spacial score (nSPS) is 10.3. The molecular weight excluding hydrogens is 188 g/mol. The summed E-state index contributed by atoms with van der Waals surface area (Å²) in [5, 5.41) is 1.41. The molecule has 2 aromatic rings. The maximum Gasteiger partial charge on any atom is 0.240 e. The molecule has 0 aromatic carbocycles. The minimum atomic E-state index is 0.443. The summed E-state index contributed by atoms with van der Waals surface area (Å²) in [5.41, 5.74) is 0.692. The van der Waals surface area contributed by atoms with Gasteiger partial charge in [0.05, 0.1) is 7.11 Å². The number of ether oxygens (including phenoxy) is 1. The summed E-state index contributed by atoms with van der Waals surface area (Å²) in [6, 6.07) is 5.49. The Morgan fingerprint density at radius 3 is 2.92 bits per heavy atom. The van der Waals surface area contributed by atoms with Crippen LogP contribution in [0.4, 0.5) is 0 Å². The highest BCUT2D eigenvalue weighted by Crippen LogP contribution is 2.21. The molecule has 0 saturated heterocycles. The summed E-state index contributed by atoms with van der Waals surface area (Å²) in [4.78, 5) is 8.15. The molecule has 0 aliphatic rings. The van der Waals surface area contributed by atoms with Crippen LogP contribution in [0.5, 0.6) is 5.88 Å². The Kier molecular flexibility index (Phi) is 2.02. The third kappa shape index (κ3) is 1.42. The van der Waals surface area contributed by atoms with Gasteiger partial charge in [0.2, 0.25) is 5.88 Å². The monoisotopic (exact) mass is 194 g/mol. The first-order chi connectivity index (χ1) is 6.31. The molecule has 4 heteroatoms. The van der Waals surface area contributed by atoms with Crippen molar-refractivity contribution in [1.29, 1.82) is 0 Å². The number of methoxy groups -OCH3 is 1. The second-order valence-electron chi connectivity index (χ2n) is 2.53. The Hall–Kier alpha value is -1.35. The first kappa shape index (κ1) is 8.26. The Morgan fingerprint density at radius 1 is 1.31 bits per heavy atom. The zero-order valence-electron chi connectivity index (χ0n) is 6.99. The van der Waals surface area contributed by atoms with Gasteiger partial charge < -0.3 is 4.74 Å². The van der Waals surface area contributed by atoms with E-state index in [1.165, 1.54) is 0 Å². The van der Waals surface area contributed by atoms with Gasteiger partial charge in [-0.25, -0.2) is 9.97 Å². The lowest BCUT2D eigenvalue weighted by molar-refractivity contribution is 0.402. The molecule has 2 heterocycles. The van der Waals surface area contributed by atoms with Crippen LogP contribution in [0.3, 0.4) is 0 Å². The summed E-state index contributed by atoms with van der Waals surface area (Å²) in [5.74, 6) is 0.500. The van der Waals surface area contributed by atoms with Crippen LogP contribution in [0, 0.1) is 0 Å². The van der Waals surface area contributed by atoms with Gasteiger partial charge in [0.15, 0.2) is 0 Å². The number of aromatic nitrogens is 2. The minimum absolute atomic E-state index is 0.443. The highest BCUT2D eigenvalue weighted by atomic mass is 35.5. The second-order valence-corrected chi connectivity index (χ2v) is 2.91. The number of nitrogens with zero attached hydrogens (tertiary/aromatic N) is 2. The van der Waals surface area contributed by atoms with E-state index in [-0.39, 0.29) is 0 Å². The quantitative estimate of drug-likeness (QED) is 0.654. The molecule has 66 valence electrons. The lowest BCUT2D eigenvalue weighted by atomic mass is 10.2. The van der Waals surface area contributed by atoms with Crippen molar-refractivity contribution in [2.24, 2.45) is 0 Å². The van der Waals surface area contributed by atoms with Crippen LogP contribution in [-0.4, -0.2) is 17.1 Å². The maximum atomic E-state index is 5.75. The lowest BCUT2D eigenvalue weighted by Crippen LogP contribution is -1.90. The van der Waals surface area contributed by atoms with Crippen molar-refractivity contribution < 1.29 is 4.74 Å². The van der Waals surface area contributed by atoms with E-state index in [4.69, 9.17) is 16.3 Å². The van der Waals surface area contributed by atoms with E-state index in [0.29, 0.717) is 16.5 Å². The van der Waals surface area contributed by atoms with Crippen molar-refractivity contribution >= 4 is 22.5 Å². The molecule has 0 N–H and O–H groups in total. The van der Waals surface area contributed by atoms with Gasteiger partial charge in [0.25, 0.3) is 0 Å². The molecule has 0 aliphatic carbocycles. The molecule has 0 radical (unpaired) electrons. The van der Waals surface area contributed by atoms with E-state index in [1.54, 1.807) is 19.4 Å². The van der Waals surface area contributed by atoms with Gasteiger partial charge in [-0.1, -0.05) is 11.6 Å². The van der Waals surface area contributed by atoms with Gasteiger partial charge in [-0.05, 0) is 18.2 Å². The van der Waals surface area contributed by atoms with E-state index < -0.39 is 0 Å². The van der Waals surface area contributed by atoms with Crippen LogP contribution in [0.25, 0.3) is 10.9 Å². The van der Waals surface area contributed by atoms with Crippen LogP contribution < -0.4 is 4.74 Å². The Morgan fingerprint density at radius 2 is 2.15 bits per heavy atom. The second kappa shape index (κ2) is 3.18. The van der Waals surface area contributed by atoms with Crippen LogP contribution in [-0.2, 0) is 0 Å². The summed E-state index contributed by atoms with van der Waals surface area (Å²) in [7, 11) is 1.56. The minimum Gasteiger partial charge on any atom is -0.479 e. The predicted octanol–water partition coefficient (Wildman–Crippen LogP) is 2.29.